The SMILES string of the molecule is [2H]C([2H])([2H])C([2H])([2H])C([2H])([2H])C([2H])([2H])C([2H])([2H])/C=C\C[C@@H](O)[C@H](O)C/C=C\C/C=C\CCCC(=O)O. The fraction of sp³-hybridized carbons (Fsp3) is 0.650. The molecule has 2 atom stereocenters. The number of aliphatic hydroxyl groups excluding tert-OH is 2. The van der Waals surface area contributed by atoms with Gasteiger partial charge in [-0.1, -0.05) is 56.1 Å². The Balaban J connectivity index is 4.91. The number of hydrogen-bond acceptors (Lipinski definition) is 3. The average molecular weight is 350 g/mol. The zero-order valence-corrected chi connectivity index (χ0v) is 13.6. The maximum absolute atomic E-state index is 10.4. The first-order valence-corrected chi connectivity index (χ1v) is 7.78. The van der Waals surface area contributed by atoms with Gasteiger partial charge in [-0.3, -0.25) is 4.79 Å². The van der Waals surface area contributed by atoms with Crippen molar-refractivity contribution in [3.05, 3.63) is 36.5 Å². The molecule has 0 aliphatic rings. The number of hydrogen-bond donors (Lipinski definition) is 3. The topological polar surface area (TPSA) is 77.8 Å². The number of aliphatic carboxylic acids is 1. The van der Waals surface area contributed by atoms with Crippen LogP contribution in [0.5, 0.6) is 0 Å². The second-order valence-corrected chi connectivity index (χ2v) is 4.99. The lowest BCUT2D eigenvalue weighted by Gasteiger charge is -2.14. The molecule has 3 N–H and O–H groups in total. The van der Waals surface area contributed by atoms with E-state index in [4.69, 9.17) is 20.2 Å². The van der Waals surface area contributed by atoms with Crippen LogP contribution in [0.4, 0.5) is 0 Å². The van der Waals surface area contributed by atoms with E-state index in [1.54, 1.807) is 12.2 Å². The molecule has 0 aromatic carbocycles. The normalized spacial score (nSPS) is 24.5. The molecule has 0 fully saturated rings. The van der Waals surface area contributed by atoms with Gasteiger partial charge in [-0.25, -0.2) is 0 Å². The molecule has 0 unspecified atom stereocenters. The standard InChI is InChI=1S/C20H34O4/c1-2-3-4-5-9-12-15-18(21)19(22)16-13-10-7-6-8-11-14-17-20(23)24/h6,8-10,12-13,18-19,21-22H,2-5,7,11,14-17H2,1H3,(H,23,24)/b8-6-,12-9-,13-10-/t18-,19-/m1/s1/i1D3,2D2,3D2,4D2,5D2. The minimum Gasteiger partial charge on any atom is -0.481 e. The summed E-state index contributed by atoms with van der Waals surface area (Å²) in [7, 11) is 0. The van der Waals surface area contributed by atoms with Crippen LogP contribution in [0.15, 0.2) is 36.5 Å². The van der Waals surface area contributed by atoms with Gasteiger partial charge in [0, 0.05) is 21.5 Å². The van der Waals surface area contributed by atoms with E-state index in [9.17, 15) is 15.0 Å². The predicted octanol–water partition coefficient (Wildman–Crippen LogP) is 4.38. The summed E-state index contributed by atoms with van der Waals surface area (Å²) in [6.07, 6.45) is -6.64. The van der Waals surface area contributed by atoms with Gasteiger partial charge in [-0.05, 0) is 44.8 Å². The minimum absolute atomic E-state index is 0.0664. The van der Waals surface area contributed by atoms with Crippen LogP contribution in [0.2, 0.25) is 0 Å². The van der Waals surface area contributed by atoms with Crippen LogP contribution in [-0.4, -0.2) is 33.5 Å². The van der Waals surface area contributed by atoms with E-state index in [0.29, 0.717) is 25.3 Å². The van der Waals surface area contributed by atoms with Gasteiger partial charge in [0.25, 0.3) is 0 Å². The largest absolute Gasteiger partial charge is 0.481 e. The summed E-state index contributed by atoms with van der Waals surface area (Å²) in [6, 6.07) is 0. The zero-order chi connectivity index (χ0) is 27.7. The fourth-order valence-electron chi connectivity index (χ4n) is 1.69. The first-order chi connectivity index (χ1) is 15.7. The second-order valence-electron chi connectivity index (χ2n) is 4.99. The van der Waals surface area contributed by atoms with E-state index in [2.05, 4.69) is 0 Å². The fourth-order valence-corrected chi connectivity index (χ4v) is 1.69. The van der Waals surface area contributed by atoms with Gasteiger partial charge < -0.3 is 15.3 Å². The van der Waals surface area contributed by atoms with E-state index < -0.39 is 50.5 Å². The molecule has 0 saturated heterocycles. The smallest absolute Gasteiger partial charge is 0.303 e. The molecule has 0 aromatic rings. The first kappa shape index (κ1) is 9.93. The van der Waals surface area contributed by atoms with Crippen LogP contribution >= 0.6 is 0 Å². The van der Waals surface area contributed by atoms with Crippen LogP contribution in [0.25, 0.3) is 0 Å². The maximum Gasteiger partial charge on any atom is 0.303 e. The lowest BCUT2D eigenvalue weighted by molar-refractivity contribution is -0.137. The highest BCUT2D eigenvalue weighted by Crippen LogP contribution is 2.07. The summed E-state index contributed by atoms with van der Waals surface area (Å²) in [5.41, 5.74) is 0. The summed E-state index contributed by atoms with van der Waals surface area (Å²) >= 11 is 0. The molecule has 4 nitrogen and oxygen atoms in total. The van der Waals surface area contributed by atoms with E-state index in [1.165, 1.54) is 0 Å². The third-order valence-electron chi connectivity index (χ3n) is 2.96. The van der Waals surface area contributed by atoms with E-state index in [1.807, 2.05) is 12.2 Å². The van der Waals surface area contributed by atoms with Crippen LogP contribution in [-0.2, 0) is 4.79 Å². The van der Waals surface area contributed by atoms with Crippen molar-refractivity contribution >= 4 is 5.97 Å². The molecular weight excluding hydrogens is 304 g/mol. The number of carboxylic acids is 1. The van der Waals surface area contributed by atoms with Crippen molar-refractivity contribution in [1.82, 2.24) is 0 Å². The molecule has 138 valence electrons. The van der Waals surface area contributed by atoms with E-state index in [0.717, 1.165) is 6.08 Å². The summed E-state index contributed by atoms with van der Waals surface area (Å²) in [6.45, 7) is -3.55. The molecule has 4 heteroatoms. The van der Waals surface area contributed by atoms with Crippen molar-refractivity contribution in [2.75, 3.05) is 0 Å². The zero-order valence-electron chi connectivity index (χ0n) is 24.6. The Kier molecular flexibility index (Phi) is 6.81. The summed E-state index contributed by atoms with van der Waals surface area (Å²) < 4.78 is 83.7. The van der Waals surface area contributed by atoms with Crippen molar-refractivity contribution in [3.63, 3.8) is 0 Å². The predicted molar refractivity (Wildman–Crippen MR) is 98.9 cm³/mol. The maximum atomic E-state index is 10.4. The van der Waals surface area contributed by atoms with Gasteiger partial charge in [-0.15, -0.1) is 0 Å². The van der Waals surface area contributed by atoms with Gasteiger partial charge in [0.2, 0.25) is 0 Å². The summed E-state index contributed by atoms with van der Waals surface area (Å²) in [5.74, 6) is -0.854. The molecule has 0 aliphatic heterocycles. The lowest BCUT2D eigenvalue weighted by atomic mass is 10.1. The number of aliphatic hydroxyl groups is 2. The van der Waals surface area contributed by atoms with Crippen molar-refractivity contribution in [2.45, 2.75) is 83.1 Å². The minimum atomic E-state index is -3.74. The lowest BCUT2D eigenvalue weighted by Crippen LogP contribution is -2.24. The third kappa shape index (κ3) is 15.5. The molecule has 0 rings (SSSR count). The van der Waals surface area contributed by atoms with Crippen LogP contribution in [0.3, 0.4) is 0 Å². The Hall–Kier alpha value is -1.39. The molecule has 0 aromatic heterocycles. The van der Waals surface area contributed by atoms with Gasteiger partial charge in [-0.2, -0.15) is 0 Å². The van der Waals surface area contributed by atoms with Gasteiger partial charge in [0.1, 0.15) is 0 Å². The number of carboxylic acid groups (broad SMARTS) is 1. The third-order valence-corrected chi connectivity index (χ3v) is 2.96. The Morgan fingerprint density at radius 1 is 1.04 bits per heavy atom. The van der Waals surface area contributed by atoms with Crippen molar-refractivity contribution in [3.8, 4) is 0 Å². The number of allylic oxidation sites excluding steroid dienone is 4. The van der Waals surface area contributed by atoms with Crippen LogP contribution in [0.1, 0.15) is 85.9 Å². The molecule has 0 amide bonds. The monoisotopic (exact) mass is 349 g/mol. The van der Waals surface area contributed by atoms with Gasteiger partial charge >= 0.3 is 5.97 Å². The molecule has 0 bridgehead atoms. The quantitative estimate of drug-likeness (QED) is 0.303. The van der Waals surface area contributed by atoms with E-state index >= 15 is 0 Å². The molecular formula is C20H34O4. The van der Waals surface area contributed by atoms with Crippen molar-refractivity contribution in [1.29, 1.82) is 0 Å². The molecule has 0 radical (unpaired) electrons. The molecule has 0 saturated carbocycles. The highest BCUT2D eigenvalue weighted by Gasteiger charge is 2.12. The number of unbranched alkanes of at least 4 members (excludes halogenated alkanes) is 1. The number of rotatable bonds is 15. The highest BCUT2D eigenvalue weighted by molar-refractivity contribution is 5.66. The second kappa shape index (κ2) is 16.5. The molecule has 0 spiro atoms. The Labute approximate surface area is 162 Å². The average Bonchev–Trinajstić information content (AvgIpc) is 2.70. The Morgan fingerprint density at radius 3 is 2.38 bits per heavy atom. The van der Waals surface area contributed by atoms with E-state index in [-0.39, 0.29) is 19.3 Å². The molecule has 24 heavy (non-hydrogen) atoms. The van der Waals surface area contributed by atoms with Gasteiger partial charge in [0.15, 0.2) is 0 Å². The van der Waals surface area contributed by atoms with Gasteiger partial charge in [0.05, 0.1) is 12.2 Å². The van der Waals surface area contributed by atoms with Crippen LogP contribution in [0, 0.1) is 0 Å². The molecule has 0 heterocycles. The molecule has 0 aliphatic carbocycles. The summed E-state index contributed by atoms with van der Waals surface area (Å²) in [4.78, 5) is 10.4. The Bertz CT molecular complexity index is 759. The highest BCUT2D eigenvalue weighted by atomic mass is 16.4. The van der Waals surface area contributed by atoms with Crippen molar-refractivity contribution in [2.24, 2.45) is 0 Å². The van der Waals surface area contributed by atoms with Crippen LogP contribution < -0.4 is 0 Å². The first-order valence-electron chi connectivity index (χ1n) is 13.3. The number of carbonyl (C=O) groups is 1. The summed E-state index contributed by atoms with van der Waals surface area (Å²) in [5, 5.41) is 28.6. The Morgan fingerprint density at radius 2 is 1.71 bits per heavy atom. The van der Waals surface area contributed by atoms with Crippen molar-refractivity contribution < 1.29 is 35.2 Å².